The van der Waals surface area contributed by atoms with Gasteiger partial charge in [-0.1, -0.05) is 19.1 Å². The molecule has 3 atom stereocenters. The molecular weight excluding hydrogens is 148 g/mol. The summed E-state index contributed by atoms with van der Waals surface area (Å²) in [6.07, 6.45) is 9.01. The van der Waals surface area contributed by atoms with E-state index in [0.717, 1.165) is 18.8 Å². The van der Waals surface area contributed by atoms with Crippen molar-refractivity contribution in [3.8, 4) is 0 Å². The molecule has 0 aromatic carbocycles. The monoisotopic (exact) mass is 164 g/mol. The van der Waals surface area contributed by atoms with Gasteiger partial charge in [-0.2, -0.15) is 0 Å². The molecule has 0 unspecified atom stereocenters. The number of hydrogen-bond acceptors (Lipinski definition) is 1. The summed E-state index contributed by atoms with van der Waals surface area (Å²) in [6, 6.07) is 0. The lowest BCUT2D eigenvalue weighted by molar-refractivity contribution is -0.125. The molecule has 1 heteroatoms. The lowest BCUT2D eigenvalue weighted by Crippen LogP contribution is -2.32. The van der Waals surface area contributed by atoms with Crippen molar-refractivity contribution in [2.45, 2.75) is 32.6 Å². The fourth-order valence-electron chi connectivity index (χ4n) is 2.56. The Kier molecular flexibility index (Phi) is 2.03. The number of carbonyl (C=O) groups excluding carboxylic acids is 1. The molecule has 1 fully saturated rings. The van der Waals surface area contributed by atoms with Crippen LogP contribution in [0.3, 0.4) is 0 Å². The molecule has 12 heavy (non-hydrogen) atoms. The van der Waals surface area contributed by atoms with Crippen LogP contribution in [0.2, 0.25) is 0 Å². The minimum Gasteiger partial charge on any atom is -0.299 e. The smallest absolute Gasteiger partial charge is 0.136 e. The number of ketones is 1. The van der Waals surface area contributed by atoms with E-state index < -0.39 is 0 Å². The molecule has 0 radical (unpaired) electrons. The van der Waals surface area contributed by atoms with Crippen LogP contribution in [0.4, 0.5) is 0 Å². The maximum Gasteiger partial charge on any atom is 0.136 e. The summed E-state index contributed by atoms with van der Waals surface area (Å²) in [5, 5.41) is 0. The second kappa shape index (κ2) is 3.04. The third kappa shape index (κ3) is 1.21. The molecule has 0 aliphatic heterocycles. The van der Waals surface area contributed by atoms with Crippen molar-refractivity contribution in [1.29, 1.82) is 0 Å². The number of allylic oxidation sites excluding steroid dienone is 2. The molecule has 3 rings (SSSR count). The van der Waals surface area contributed by atoms with Crippen molar-refractivity contribution >= 4 is 5.78 Å². The number of carbonyl (C=O) groups is 1. The lowest BCUT2D eigenvalue weighted by atomic mass is 9.67. The first-order valence-corrected chi connectivity index (χ1v) is 5.02. The Morgan fingerprint density at radius 3 is 2.67 bits per heavy atom. The third-order valence-electron chi connectivity index (χ3n) is 3.34. The Hall–Kier alpha value is -0.590. The SMILES string of the molecule is CCC(=O)[C@@H]1C[C@@H]2C=C[C@H]1CC2. The highest BCUT2D eigenvalue weighted by Gasteiger charge is 2.34. The van der Waals surface area contributed by atoms with Crippen molar-refractivity contribution in [2.24, 2.45) is 17.8 Å². The highest BCUT2D eigenvalue weighted by Crippen LogP contribution is 2.40. The minimum atomic E-state index is 0.374. The van der Waals surface area contributed by atoms with E-state index in [1.807, 2.05) is 6.92 Å². The average molecular weight is 164 g/mol. The van der Waals surface area contributed by atoms with E-state index in [2.05, 4.69) is 12.2 Å². The van der Waals surface area contributed by atoms with Gasteiger partial charge < -0.3 is 0 Å². The number of rotatable bonds is 2. The Bertz CT molecular complexity index is 217. The molecule has 3 aliphatic carbocycles. The van der Waals surface area contributed by atoms with E-state index in [1.165, 1.54) is 12.8 Å². The summed E-state index contributed by atoms with van der Waals surface area (Å²) >= 11 is 0. The summed E-state index contributed by atoms with van der Waals surface area (Å²) in [7, 11) is 0. The van der Waals surface area contributed by atoms with E-state index in [9.17, 15) is 4.79 Å². The Balaban J connectivity index is 2.11. The minimum absolute atomic E-state index is 0.374. The van der Waals surface area contributed by atoms with Gasteiger partial charge in [0.1, 0.15) is 5.78 Å². The number of fused-ring (bicyclic) bond motifs is 2. The predicted octanol–water partition coefficient (Wildman–Crippen LogP) is 2.57. The Labute approximate surface area is 73.8 Å². The lowest BCUT2D eigenvalue weighted by Gasteiger charge is -2.36. The molecule has 0 saturated heterocycles. The zero-order valence-corrected chi connectivity index (χ0v) is 7.62. The predicted molar refractivity (Wildman–Crippen MR) is 48.8 cm³/mol. The number of Topliss-reactive ketones (excluding diaryl/α,β-unsaturated/α-hetero) is 1. The average Bonchev–Trinajstić information content (AvgIpc) is 2.18. The van der Waals surface area contributed by atoms with Gasteiger partial charge in [-0.05, 0) is 31.1 Å². The van der Waals surface area contributed by atoms with Crippen LogP contribution in [-0.4, -0.2) is 5.78 Å². The van der Waals surface area contributed by atoms with Crippen LogP contribution in [0.15, 0.2) is 12.2 Å². The molecule has 3 aliphatic rings. The molecule has 0 heterocycles. The fourth-order valence-corrected chi connectivity index (χ4v) is 2.56. The third-order valence-corrected chi connectivity index (χ3v) is 3.34. The van der Waals surface area contributed by atoms with Crippen molar-refractivity contribution in [2.75, 3.05) is 0 Å². The molecule has 0 aromatic heterocycles. The summed E-state index contributed by atoms with van der Waals surface area (Å²) < 4.78 is 0. The molecule has 2 bridgehead atoms. The van der Waals surface area contributed by atoms with E-state index >= 15 is 0 Å². The van der Waals surface area contributed by atoms with Gasteiger partial charge in [-0.15, -0.1) is 0 Å². The molecule has 1 nitrogen and oxygen atoms in total. The van der Waals surface area contributed by atoms with Gasteiger partial charge in [0, 0.05) is 12.3 Å². The van der Waals surface area contributed by atoms with Crippen molar-refractivity contribution < 1.29 is 4.79 Å². The van der Waals surface area contributed by atoms with Crippen LogP contribution in [0.1, 0.15) is 32.6 Å². The van der Waals surface area contributed by atoms with Crippen LogP contribution in [0.25, 0.3) is 0 Å². The van der Waals surface area contributed by atoms with Crippen molar-refractivity contribution in [3.63, 3.8) is 0 Å². The van der Waals surface area contributed by atoms with Gasteiger partial charge in [0.05, 0.1) is 0 Å². The first-order chi connectivity index (χ1) is 5.81. The van der Waals surface area contributed by atoms with Crippen LogP contribution in [0, 0.1) is 17.8 Å². The second-order valence-electron chi connectivity index (χ2n) is 4.05. The van der Waals surface area contributed by atoms with Crippen LogP contribution in [-0.2, 0) is 4.79 Å². The first-order valence-electron chi connectivity index (χ1n) is 5.02. The van der Waals surface area contributed by atoms with Gasteiger partial charge in [-0.3, -0.25) is 4.79 Å². The van der Waals surface area contributed by atoms with E-state index in [1.54, 1.807) is 0 Å². The zero-order valence-electron chi connectivity index (χ0n) is 7.62. The summed E-state index contributed by atoms with van der Waals surface area (Å²) in [6.45, 7) is 1.98. The standard InChI is InChI=1S/C11H16O/c1-2-11(12)10-7-8-3-5-9(10)6-4-8/h3,5,8-10H,2,4,6-7H2,1H3/t8-,9+,10-/m1/s1. The normalized spacial score (nSPS) is 38.6. The molecule has 0 N–H and O–H groups in total. The van der Waals surface area contributed by atoms with Gasteiger partial charge in [0.15, 0.2) is 0 Å². The summed E-state index contributed by atoms with van der Waals surface area (Å²) in [5.41, 5.74) is 0. The Morgan fingerprint density at radius 1 is 1.42 bits per heavy atom. The van der Waals surface area contributed by atoms with Gasteiger partial charge in [0.2, 0.25) is 0 Å². The molecule has 66 valence electrons. The van der Waals surface area contributed by atoms with Crippen LogP contribution < -0.4 is 0 Å². The van der Waals surface area contributed by atoms with Gasteiger partial charge >= 0.3 is 0 Å². The molecule has 1 saturated carbocycles. The summed E-state index contributed by atoms with van der Waals surface area (Å²) in [5.74, 6) is 2.16. The number of hydrogen-bond donors (Lipinski definition) is 0. The quantitative estimate of drug-likeness (QED) is 0.573. The summed E-state index contributed by atoms with van der Waals surface area (Å²) in [4.78, 5) is 11.5. The first kappa shape index (κ1) is 8.03. The van der Waals surface area contributed by atoms with Crippen LogP contribution >= 0.6 is 0 Å². The molecule has 0 amide bonds. The van der Waals surface area contributed by atoms with Crippen LogP contribution in [0.5, 0.6) is 0 Å². The molecule has 0 spiro atoms. The maximum absolute atomic E-state index is 11.5. The highest BCUT2D eigenvalue weighted by atomic mass is 16.1. The van der Waals surface area contributed by atoms with Gasteiger partial charge in [-0.25, -0.2) is 0 Å². The second-order valence-corrected chi connectivity index (χ2v) is 4.05. The molecule has 0 aromatic rings. The highest BCUT2D eigenvalue weighted by molar-refractivity contribution is 5.81. The molecular formula is C11H16O. The van der Waals surface area contributed by atoms with E-state index in [-0.39, 0.29) is 0 Å². The fraction of sp³-hybridized carbons (Fsp3) is 0.727. The van der Waals surface area contributed by atoms with Gasteiger partial charge in [0.25, 0.3) is 0 Å². The van der Waals surface area contributed by atoms with Crippen molar-refractivity contribution in [3.05, 3.63) is 12.2 Å². The van der Waals surface area contributed by atoms with E-state index in [4.69, 9.17) is 0 Å². The van der Waals surface area contributed by atoms with Crippen molar-refractivity contribution in [1.82, 2.24) is 0 Å². The maximum atomic E-state index is 11.5. The topological polar surface area (TPSA) is 17.1 Å². The zero-order chi connectivity index (χ0) is 8.55. The largest absolute Gasteiger partial charge is 0.299 e. The van der Waals surface area contributed by atoms with E-state index in [0.29, 0.717) is 17.6 Å². The Morgan fingerprint density at radius 2 is 2.25 bits per heavy atom.